The lowest BCUT2D eigenvalue weighted by molar-refractivity contribution is -0.213. The molecular weight excluding hydrogens is 168 g/mol. The molecule has 1 atom stereocenters. The summed E-state index contributed by atoms with van der Waals surface area (Å²) in [5, 5.41) is 1.91. The Hall–Kier alpha value is -0.610. The average molecular weight is 186 g/mol. The van der Waals surface area contributed by atoms with Gasteiger partial charge in [-0.15, -0.1) is 0 Å². The number of primary amides is 1. The molecule has 1 aliphatic rings. The molecule has 0 aromatic heterocycles. The van der Waals surface area contributed by atoms with Gasteiger partial charge in [0.25, 0.3) is 0 Å². The Labute approximate surface area is 79.0 Å². The predicted octanol–water partition coefficient (Wildman–Crippen LogP) is 0.524. The van der Waals surface area contributed by atoms with Gasteiger partial charge in [0.15, 0.2) is 0 Å². The first-order chi connectivity index (χ1) is 5.97. The highest BCUT2D eigenvalue weighted by Gasteiger charge is 2.37. The van der Waals surface area contributed by atoms with Crippen molar-refractivity contribution in [1.29, 1.82) is 0 Å². The van der Waals surface area contributed by atoms with Crippen LogP contribution >= 0.6 is 0 Å². The first-order valence-electron chi connectivity index (χ1n) is 4.58. The first kappa shape index (κ1) is 10.5. The summed E-state index contributed by atoms with van der Waals surface area (Å²) in [6.07, 6.45) is 1.57. The average Bonchev–Trinajstić information content (AvgIpc) is 2.02. The molecule has 2 N–H and O–H groups in total. The Bertz CT molecular complexity index is 204. The number of rotatable bonds is 2. The van der Waals surface area contributed by atoms with Crippen LogP contribution in [0.15, 0.2) is 0 Å². The summed E-state index contributed by atoms with van der Waals surface area (Å²) in [6.45, 7) is 4.90. The van der Waals surface area contributed by atoms with E-state index < -0.39 is 0 Å². The fraction of sp³-hybridized carbons (Fsp3) is 0.889. The molecule has 0 saturated carbocycles. The van der Waals surface area contributed by atoms with Gasteiger partial charge < -0.3 is 10.6 Å². The fourth-order valence-electron chi connectivity index (χ4n) is 1.96. The van der Waals surface area contributed by atoms with E-state index in [0.29, 0.717) is 0 Å². The molecule has 4 heteroatoms. The molecule has 0 aliphatic carbocycles. The highest BCUT2D eigenvalue weighted by Crippen LogP contribution is 2.30. The van der Waals surface area contributed by atoms with E-state index in [-0.39, 0.29) is 17.4 Å². The van der Waals surface area contributed by atoms with Gasteiger partial charge in [-0.1, -0.05) is 0 Å². The zero-order valence-corrected chi connectivity index (χ0v) is 8.54. The van der Waals surface area contributed by atoms with Gasteiger partial charge >= 0.3 is 0 Å². The summed E-state index contributed by atoms with van der Waals surface area (Å²) in [5.41, 5.74) is 5.19. The van der Waals surface area contributed by atoms with Crippen LogP contribution in [0.2, 0.25) is 0 Å². The van der Waals surface area contributed by atoms with E-state index in [0.717, 1.165) is 19.4 Å². The zero-order valence-electron chi connectivity index (χ0n) is 8.54. The van der Waals surface area contributed by atoms with Crippen molar-refractivity contribution in [3.63, 3.8) is 0 Å². The van der Waals surface area contributed by atoms with Gasteiger partial charge in [0.05, 0.1) is 7.11 Å². The van der Waals surface area contributed by atoms with Crippen LogP contribution in [0.3, 0.4) is 0 Å². The van der Waals surface area contributed by atoms with Crippen molar-refractivity contribution in [2.45, 2.75) is 32.2 Å². The molecule has 1 unspecified atom stereocenters. The molecule has 0 spiro atoms. The number of nitrogens with two attached hydrogens (primary N) is 1. The molecule has 1 heterocycles. The van der Waals surface area contributed by atoms with E-state index in [1.807, 2.05) is 5.06 Å². The summed E-state index contributed by atoms with van der Waals surface area (Å²) in [7, 11) is 1.66. The minimum atomic E-state index is -0.191. The summed E-state index contributed by atoms with van der Waals surface area (Å²) in [4.78, 5) is 16.2. The van der Waals surface area contributed by atoms with Crippen LogP contribution in [0.25, 0.3) is 0 Å². The number of nitrogens with zero attached hydrogens (tertiary/aromatic N) is 1. The van der Waals surface area contributed by atoms with Crippen molar-refractivity contribution < 1.29 is 9.63 Å². The van der Waals surface area contributed by atoms with Crippen molar-refractivity contribution in [2.75, 3.05) is 13.7 Å². The minimum absolute atomic E-state index is 0.00130. The Morgan fingerprint density at radius 1 is 1.62 bits per heavy atom. The molecule has 0 aromatic carbocycles. The molecule has 1 fully saturated rings. The molecule has 1 saturated heterocycles. The van der Waals surface area contributed by atoms with Crippen LogP contribution in [0.4, 0.5) is 0 Å². The molecule has 76 valence electrons. The first-order valence-corrected chi connectivity index (χ1v) is 4.58. The van der Waals surface area contributed by atoms with E-state index in [1.165, 1.54) is 0 Å². The quantitative estimate of drug-likeness (QED) is 0.684. The third kappa shape index (κ3) is 2.19. The van der Waals surface area contributed by atoms with Gasteiger partial charge in [-0.2, -0.15) is 5.06 Å². The van der Waals surface area contributed by atoms with E-state index in [9.17, 15) is 4.79 Å². The van der Waals surface area contributed by atoms with Crippen molar-refractivity contribution >= 4 is 5.91 Å². The third-order valence-corrected chi connectivity index (χ3v) is 2.72. The Morgan fingerprint density at radius 2 is 2.23 bits per heavy atom. The number of hydroxylamine groups is 2. The molecule has 1 aliphatic heterocycles. The lowest BCUT2D eigenvalue weighted by atomic mass is 9.84. The van der Waals surface area contributed by atoms with Crippen molar-refractivity contribution in [3.05, 3.63) is 0 Å². The van der Waals surface area contributed by atoms with Crippen LogP contribution in [-0.2, 0) is 9.63 Å². The Morgan fingerprint density at radius 3 is 2.62 bits per heavy atom. The molecule has 0 bridgehead atoms. The van der Waals surface area contributed by atoms with Gasteiger partial charge in [-0.25, -0.2) is 0 Å². The number of amides is 1. The molecule has 13 heavy (non-hydrogen) atoms. The van der Waals surface area contributed by atoms with Crippen LogP contribution in [-0.4, -0.2) is 30.2 Å². The normalized spacial score (nSPS) is 28.7. The molecule has 0 aromatic rings. The third-order valence-electron chi connectivity index (χ3n) is 2.72. The highest BCUT2D eigenvalue weighted by atomic mass is 16.7. The number of piperidine rings is 1. The summed E-state index contributed by atoms with van der Waals surface area (Å²) in [5.74, 6) is -0.190. The summed E-state index contributed by atoms with van der Waals surface area (Å²) >= 11 is 0. The van der Waals surface area contributed by atoms with Crippen molar-refractivity contribution in [1.82, 2.24) is 5.06 Å². The van der Waals surface area contributed by atoms with Crippen LogP contribution in [0, 0.1) is 5.92 Å². The SMILES string of the molecule is CON1CCC(C(N)=O)CC1(C)C. The van der Waals surface area contributed by atoms with E-state index in [2.05, 4.69) is 13.8 Å². The number of carbonyl (C=O) groups excluding carboxylic acids is 1. The van der Waals surface area contributed by atoms with Crippen LogP contribution < -0.4 is 5.73 Å². The molecule has 1 amide bonds. The van der Waals surface area contributed by atoms with E-state index in [4.69, 9.17) is 10.6 Å². The lowest BCUT2D eigenvalue weighted by Crippen LogP contribution is -2.51. The maximum Gasteiger partial charge on any atom is 0.220 e. The summed E-state index contributed by atoms with van der Waals surface area (Å²) in [6, 6.07) is 0. The summed E-state index contributed by atoms with van der Waals surface area (Å²) < 4.78 is 0. The van der Waals surface area contributed by atoms with Gasteiger partial charge in [-0.3, -0.25) is 4.79 Å². The van der Waals surface area contributed by atoms with Gasteiger partial charge in [-0.05, 0) is 26.7 Å². The van der Waals surface area contributed by atoms with Crippen LogP contribution in [0.5, 0.6) is 0 Å². The van der Waals surface area contributed by atoms with Gasteiger partial charge in [0.1, 0.15) is 0 Å². The number of carbonyl (C=O) groups is 1. The van der Waals surface area contributed by atoms with E-state index in [1.54, 1.807) is 7.11 Å². The lowest BCUT2D eigenvalue weighted by Gasteiger charge is -2.42. The molecular formula is C9H18N2O2. The number of hydrogen-bond acceptors (Lipinski definition) is 3. The Kier molecular flexibility index (Phi) is 2.93. The minimum Gasteiger partial charge on any atom is -0.369 e. The zero-order chi connectivity index (χ0) is 10.1. The van der Waals surface area contributed by atoms with E-state index >= 15 is 0 Å². The molecule has 4 nitrogen and oxygen atoms in total. The largest absolute Gasteiger partial charge is 0.369 e. The fourth-order valence-corrected chi connectivity index (χ4v) is 1.96. The van der Waals surface area contributed by atoms with Crippen molar-refractivity contribution in [3.8, 4) is 0 Å². The topological polar surface area (TPSA) is 55.6 Å². The second kappa shape index (κ2) is 3.64. The second-order valence-corrected chi connectivity index (χ2v) is 4.19. The highest BCUT2D eigenvalue weighted by molar-refractivity contribution is 5.76. The Balaban J connectivity index is 2.64. The standard InChI is InChI=1S/C9H18N2O2/c1-9(2)6-7(8(10)12)4-5-11(9)13-3/h7H,4-6H2,1-3H3,(H2,10,12). The maximum atomic E-state index is 11.0. The van der Waals surface area contributed by atoms with Crippen LogP contribution in [0.1, 0.15) is 26.7 Å². The second-order valence-electron chi connectivity index (χ2n) is 4.19. The number of hydrogen-bond donors (Lipinski definition) is 1. The predicted molar refractivity (Wildman–Crippen MR) is 49.7 cm³/mol. The van der Waals surface area contributed by atoms with Gasteiger partial charge in [0, 0.05) is 18.0 Å². The smallest absolute Gasteiger partial charge is 0.220 e. The monoisotopic (exact) mass is 186 g/mol. The molecule has 1 rings (SSSR count). The van der Waals surface area contributed by atoms with Gasteiger partial charge in [0.2, 0.25) is 5.91 Å². The maximum absolute atomic E-state index is 11.0. The van der Waals surface area contributed by atoms with Crippen molar-refractivity contribution in [2.24, 2.45) is 11.7 Å². The molecule has 0 radical (unpaired) electrons.